The highest BCUT2D eigenvalue weighted by Crippen LogP contribution is 2.36. The van der Waals surface area contributed by atoms with Crippen molar-refractivity contribution < 1.29 is 14.4 Å². The first kappa shape index (κ1) is 20.1. The van der Waals surface area contributed by atoms with E-state index < -0.39 is 5.25 Å². The van der Waals surface area contributed by atoms with Gasteiger partial charge in [0, 0.05) is 37.0 Å². The molecule has 1 fully saturated rings. The number of fused-ring (bicyclic) bond motifs is 2. The van der Waals surface area contributed by atoms with Crippen LogP contribution in [-0.2, 0) is 27.3 Å². The highest BCUT2D eigenvalue weighted by molar-refractivity contribution is 8.01. The van der Waals surface area contributed by atoms with Crippen LogP contribution in [0.4, 0.5) is 5.69 Å². The molecular formula is C24H25N3O3S. The van der Waals surface area contributed by atoms with Crippen molar-refractivity contribution >= 4 is 35.2 Å². The predicted octanol–water partition coefficient (Wildman–Crippen LogP) is 2.92. The number of carbonyl (C=O) groups is 3. The molecule has 5 rings (SSSR count). The molecule has 1 saturated heterocycles. The Bertz CT molecular complexity index is 1030. The Morgan fingerprint density at radius 3 is 2.39 bits per heavy atom. The van der Waals surface area contributed by atoms with Gasteiger partial charge in [0.2, 0.25) is 17.7 Å². The largest absolute Gasteiger partial charge is 0.341 e. The van der Waals surface area contributed by atoms with Gasteiger partial charge in [-0.3, -0.25) is 14.4 Å². The maximum atomic E-state index is 13.1. The van der Waals surface area contributed by atoms with Crippen LogP contribution >= 0.6 is 11.8 Å². The van der Waals surface area contributed by atoms with Gasteiger partial charge in [-0.1, -0.05) is 36.4 Å². The molecule has 3 aliphatic heterocycles. The Hall–Kier alpha value is -2.80. The van der Waals surface area contributed by atoms with E-state index in [0.29, 0.717) is 32.5 Å². The molecule has 31 heavy (non-hydrogen) atoms. The minimum absolute atomic E-state index is 0.0529. The number of nitrogens with zero attached hydrogens (tertiary/aromatic N) is 2. The molecule has 0 spiro atoms. The fraction of sp³-hybridized carbons (Fsp3) is 0.375. The lowest BCUT2D eigenvalue weighted by molar-refractivity contribution is -0.142. The van der Waals surface area contributed by atoms with Gasteiger partial charge in [0.25, 0.3) is 0 Å². The van der Waals surface area contributed by atoms with E-state index in [0.717, 1.165) is 23.5 Å². The average molecular weight is 436 g/mol. The van der Waals surface area contributed by atoms with Crippen LogP contribution in [-0.4, -0.2) is 52.4 Å². The summed E-state index contributed by atoms with van der Waals surface area (Å²) in [7, 11) is 0. The summed E-state index contributed by atoms with van der Waals surface area (Å²) in [6.07, 6.45) is 2.20. The number of hydrogen-bond acceptors (Lipinski definition) is 4. The molecule has 3 aliphatic rings. The third kappa shape index (κ3) is 3.94. The summed E-state index contributed by atoms with van der Waals surface area (Å²) in [4.78, 5) is 43.2. The van der Waals surface area contributed by atoms with Crippen molar-refractivity contribution in [2.75, 3.05) is 25.0 Å². The van der Waals surface area contributed by atoms with Crippen molar-refractivity contribution in [2.45, 2.75) is 36.0 Å². The molecule has 0 bridgehead atoms. The normalized spacial score (nSPS) is 21.2. The third-order valence-corrected chi connectivity index (χ3v) is 7.71. The highest BCUT2D eigenvalue weighted by atomic mass is 32.2. The zero-order valence-corrected chi connectivity index (χ0v) is 18.1. The maximum absolute atomic E-state index is 13.1. The maximum Gasteiger partial charge on any atom is 0.247 e. The second kappa shape index (κ2) is 8.38. The highest BCUT2D eigenvalue weighted by Gasteiger charge is 2.38. The van der Waals surface area contributed by atoms with E-state index in [1.807, 2.05) is 41.3 Å². The summed E-state index contributed by atoms with van der Waals surface area (Å²) in [6, 6.07) is 15.8. The summed E-state index contributed by atoms with van der Waals surface area (Å²) in [5.41, 5.74) is 3.32. The van der Waals surface area contributed by atoms with Crippen molar-refractivity contribution in [1.29, 1.82) is 0 Å². The summed E-state index contributed by atoms with van der Waals surface area (Å²) in [5.74, 6) is -0.281. The number of amides is 3. The molecule has 0 saturated carbocycles. The third-order valence-electron chi connectivity index (χ3n) is 6.45. The van der Waals surface area contributed by atoms with Crippen molar-refractivity contribution in [1.82, 2.24) is 9.80 Å². The van der Waals surface area contributed by atoms with Crippen LogP contribution in [0.2, 0.25) is 0 Å². The fourth-order valence-corrected chi connectivity index (χ4v) is 5.74. The van der Waals surface area contributed by atoms with Gasteiger partial charge < -0.3 is 15.1 Å². The molecule has 3 heterocycles. The molecule has 1 unspecified atom stereocenters. The van der Waals surface area contributed by atoms with E-state index in [2.05, 4.69) is 17.4 Å². The van der Waals surface area contributed by atoms with Gasteiger partial charge in [-0.2, -0.15) is 0 Å². The lowest BCUT2D eigenvalue weighted by atomic mass is 9.93. The van der Waals surface area contributed by atoms with E-state index in [1.165, 1.54) is 22.9 Å². The summed E-state index contributed by atoms with van der Waals surface area (Å²) in [6.45, 7) is 2.47. The molecule has 0 radical (unpaired) electrons. The molecule has 1 atom stereocenters. The van der Waals surface area contributed by atoms with Crippen LogP contribution in [0.1, 0.15) is 24.0 Å². The molecule has 7 heteroatoms. The predicted molar refractivity (Wildman–Crippen MR) is 120 cm³/mol. The molecule has 1 N–H and O–H groups in total. The second-order valence-electron chi connectivity index (χ2n) is 8.36. The minimum atomic E-state index is -0.763. The van der Waals surface area contributed by atoms with Gasteiger partial charge in [0.15, 0.2) is 5.25 Å². The lowest BCUT2D eigenvalue weighted by Crippen LogP contribution is -2.50. The van der Waals surface area contributed by atoms with E-state index in [-0.39, 0.29) is 23.6 Å². The van der Waals surface area contributed by atoms with Gasteiger partial charge in [-0.05, 0) is 42.5 Å². The van der Waals surface area contributed by atoms with Crippen LogP contribution in [0.5, 0.6) is 0 Å². The number of carbonyl (C=O) groups excluding carboxylic acids is 3. The van der Waals surface area contributed by atoms with E-state index in [1.54, 1.807) is 4.90 Å². The summed E-state index contributed by atoms with van der Waals surface area (Å²) in [5, 5.41) is 2.08. The summed E-state index contributed by atoms with van der Waals surface area (Å²) >= 11 is 1.31. The van der Waals surface area contributed by atoms with Crippen molar-refractivity contribution in [3.63, 3.8) is 0 Å². The molecule has 160 valence electrons. The van der Waals surface area contributed by atoms with Gasteiger partial charge in [0.1, 0.15) is 0 Å². The van der Waals surface area contributed by atoms with E-state index >= 15 is 0 Å². The number of likely N-dealkylation sites (tertiary alicyclic amines) is 1. The van der Waals surface area contributed by atoms with Crippen LogP contribution in [0.3, 0.4) is 0 Å². The topological polar surface area (TPSA) is 69.7 Å². The Balaban J connectivity index is 1.18. The Kier molecular flexibility index (Phi) is 5.44. The first-order valence-corrected chi connectivity index (χ1v) is 11.7. The summed E-state index contributed by atoms with van der Waals surface area (Å²) < 4.78 is 0. The standard InChI is InChI=1S/C24H25N3O3S/c28-22-21(31-20-8-4-3-7-19(20)25-22)24(30)26-12-10-17(11-13-26)23(29)27-14-9-16-5-1-2-6-18(16)15-27/h1-8,17,21H,9-15H2,(H,25,28). The molecule has 2 aromatic carbocycles. The van der Waals surface area contributed by atoms with Gasteiger partial charge >= 0.3 is 0 Å². The number of nitrogens with one attached hydrogen (secondary N) is 1. The first-order valence-electron chi connectivity index (χ1n) is 10.8. The molecular weight excluding hydrogens is 410 g/mol. The van der Waals surface area contributed by atoms with Crippen LogP contribution in [0.25, 0.3) is 0 Å². The van der Waals surface area contributed by atoms with Crippen molar-refractivity contribution in [2.24, 2.45) is 5.92 Å². The van der Waals surface area contributed by atoms with Gasteiger partial charge in [0.05, 0.1) is 5.69 Å². The van der Waals surface area contributed by atoms with Gasteiger partial charge in [-0.25, -0.2) is 0 Å². The fourth-order valence-electron chi connectivity index (χ4n) is 4.67. The van der Waals surface area contributed by atoms with Crippen molar-refractivity contribution in [3.05, 3.63) is 59.7 Å². The van der Waals surface area contributed by atoms with Crippen molar-refractivity contribution in [3.8, 4) is 0 Å². The minimum Gasteiger partial charge on any atom is -0.341 e. The Morgan fingerprint density at radius 2 is 1.58 bits per heavy atom. The zero-order valence-electron chi connectivity index (χ0n) is 17.3. The van der Waals surface area contributed by atoms with Crippen LogP contribution in [0, 0.1) is 5.92 Å². The number of para-hydroxylation sites is 1. The second-order valence-corrected chi connectivity index (χ2v) is 9.51. The average Bonchev–Trinajstić information content (AvgIpc) is 2.82. The number of rotatable bonds is 2. The number of thioether (sulfide) groups is 1. The Morgan fingerprint density at radius 1 is 0.871 bits per heavy atom. The number of anilines is 1. The molecule has 2 aromatic rings. The molecule has 0 aromatic heterocycles. The first-order chi connectivity index (χ1) is 15.1. The van der Waals surface area contributed by atoms with E-state index in [4.69, 9.17) is 0 Å². The molecule has 6 nitrogen and oxygen atoms in total. The van der Waals surface area contributed by atoms with Gasteiger partial charge in [-0.15, -0.1) is 11.8 Å². The number of piperidine rings is 1. The zero-order chi connectivity index (χ0) is 21.4. The van der Waals surface area contributed by atoms with E-state index in [9.17, 15) is 14.4 Å². The lowest BCUT2D eigenvalue weighted by Gasteiger charge is -2.37. The smallest absolute Gasteiger partial charge is 0.247 e. The molecule has 0 aliphatic carbocycles. The van der Waals surface area contributed by atoms with Crippen LogP contribution in [0.15, 0.2) is 53.4 Å². The number of hydrogen-bond donors (Lipinski definition) is 1. The van der Waals surface area contributed by atoms with Crippen LogP contribution < -0.4 is 5.32 Å². The molecule has 3 amide bonds. The SMILES string of the molecule is O=C1Nc2ccccc2SC1C(=O)N1CCC(C(=O)N2CCc3ccccc3C2)CC1. The monoisotopic (exact) mass is 435 g/mol. The quantitative estimate of drug-likeness (QED) is 0.737. The number of benzene rings is 2. The Labute approximate surface area is 186 Å².